The fourth-order valence-electron chi connectivity index (χ4n) is 2.54. The van der Waals surface area contributed by atoms with Crippen LogP contribution in [0, 0.1) is 6.92 Å². The molecule has 0 N–H and O–H groups in total. The summed E-state index contributed by atoms with van der Waals surface area (Å²) in [5, 5.41) is 5.70. The van der Waals surface area contributed by atoms with Gasteiger partial charge in [-0.2, -0.15) is 0 Å². The van der Waals surface area contributed by atoms with Crippen LogP contribution in [0.1, 0.15) is 36.9 Å². The van der Waals surface area contributed by atoms with Crippen molar-refractivity contribution in [1.82, 2.24) is 5.16 Å². The van der Waals surface area contributed by atoms with Gasteiger partial charge in [-0.05, 0) is 24.4 Å². The van der Waals surface area contributed by atoms with E-state index in [0.29, 0.717) is 16.1 Å². The molecule has 2 aromatic heterocycles. The Hall–Kier alpha value is -2.53. The molecule has 0 saturated heterocycles. The predicted molar refractivity (Wildman–Crippen MR) is 77.9 cm³/mol. The fraction of sp³-hybridized carbons (Fsp3) is 0.0625. The Labute approximate surface area is 124 Å². The van der Waals surface area contributed by atoms with Gasteiger partial charge in [0, 0.05) is 11.1 Å². The summed E-state index contributed by atoms with van der Waals surface area (Å²) in [5.41, 5.74) is 2.95. The predicted octanol–water partition coefficient (Wildman–Crippen LogP) is 3.49. The quantitative estimate of drug-likeness (QED) is 0.539. The molecule has 5 heteroatoms. The molecule has 4 nitrogen and oxygen atoms in total. The van der Waals surface area contributed by atoms with Crippen molar-refractivity contribution in [2.24, 2.45) is 0 Å². The van der Waals surface area contributed by atoms with E-state index in [9.17, 15) is 9.59 Å². The van der Waals surface area contributed by atoms with E-state index in [1.165, 1.54) is 11.3 Å². The number of nitrogens with zero attached hydrogens (tertiary/aromatic N) is 1. The Morgan fingerprint density at radius 2 is 2.00 bits per heavy atom. The lowest BCUT2D eigenvalue weighted by Gasteiger charge is -2.08. The highest BCUT2D eigenvalue weighted by Gasteiger charge is 2.37. The average molecular weight is 295 g/mol. The van der Waals surface area contributed by atoms with Crippen LogP contribution in [0.5, 0.6) is 0 Å². The molecule has 1 aromatic carbocycles. The summed E-state index contributed by atoms with van der Waals surface area (Å²) in [5.74, 6) is -0.415. The van der Waals surface area contributed by atoms with E-state index in [-0.39, 0.29) is 22.9 Å². The minimum absolute atomic E-state index is 0.0439. The van der Waals surface area contributed by atoms with Gasteiger partial charge in [0.05, 0.1) is 4.88 Å². The first-order valence-corrected chi connectivity index (χ1v) is 7.28. The highest BCUT2D eigenvalue weighted by atomic mass is 32.1. The second kappa shape index (κ2) is 4.23. The summed E-state index contributed by atoms with van der Waals surface area (Å²) < 4.78 is 5.17. The first-order valence-electron chi connectivity index (χ1n) is 6.40. The third-order valence-corrected chi connectivity index (χ3v) is 4.45. The summed E-state index contributed by atoms with van der Waals surface area (Å²) in [7, 11) is 0. The van der Waals surface area contributed by atoms with Gasteiger partial charge in [0.25, 0.3) is 0 Å². The molecule has 2 heterocycles. The number of thiophene rings is 1. The van der Waals surface area contributed by atoms with Crippen LogP contribution < -0.4 is 0 Å². The Kier molecular flexibility index (Phi) is 2.46. The molecular weight excluding hydrogens is 286 g/mol. The molecule has 0 spiro atoms. The summed E-state index contributed by atoms with van der Waals surface area (Å²) >= 11 is 1.27. The summed E-state index contributed by atoms with van der Waals surface area (Å²) in [4.78, 5) is 25.4. The van der Waals surface area contributed by atoms with Crippen LogP contribution >= 0.6 is 11.3 Å². The van der Waals surface area contributed by atoms with Crippen LogP contribution in [0.25, 0.3) is 11.3 Å². The number of carbonyl (C=O) groups is 2. The van der Waals surface area contributed by atoms with E-state index in [2.05, 4.69) is 5.16 Å². The molecule has 0 radical (unpaired) electrons. The Morgan fingerprint density at radius 1 is 1.14 bits per heavy atom. The Bertz CT molecular complexity index is 904. The van der Waals surface area contributed by atoms with Crippen LogP contribution in [0.2, 0.25) is 0 Å². The molecule has 0 unspecified atom stereocenters. The maximum absolute atomic E-state index is 12.6. The van der Waals surface area contributed by atoms with E-state index in [4.69, 9.17) is 4.52 Å². The fourth-order valence-corrected chi connectivity index (χ4v) is 3.38. The molecule has 4 rings (SSSR count). The van der Waals surface area contributed by atoms with Gasteiger partial charge in [0.15, 0.2) is 0 Å². The van der Waals surface area contributed by atoms with Crippen LogP contribution in [-0.2, 0) is 0 Å². The summed E-state index contributed by atoms with van der Waals surface area (Å²) in [6.45, 7) is 1.96. The molecule has 21 heavy (non-hydrogen) atoms. The number of hydrogen-bond donors (Lipinski definition) is 0. The van der Waals surface area contributed by atoms with Crippen molar-refractivity contribution in [3.05, 3.63) is 63.0 Å². The van der Waals surface area contributed by atoms with Gasteiger partial charge in [-0.3, -0.25) is 9.59 Å². The van der Waals surface area contributed by atoms with Crippen molar-refractivity contribution < 1.29 is 14.1 Å². The molecule has 3 aromatic rings. The maximum Gasteiger partial charge on any atom is 0.233 e. The molecule has 0 aliphatic heterocycles. The van der Waals surface area contributed by atoms with Crippen LogP contribution in [0.3, 0.4) is 0 Å². The normalized spacial score (nSPS) is 13.2. The van der Waals surface area contributed by atoms with E-state index in [0.717, 1.165) is 11.1 Å². The zero-order valence-electron chi connectivity index (χ0n) is 11.0. The van der Waals surface area contributed by atoms with Gasteiger partial charge in [-0.1, -0.05) is 28.9 Å². The van der Waals surface area contributed by atoms with E-state index < -0.39 is 0 Å². The van der Waals surface area contributed by atoms with Crippen molar-refractivity contribution in [1.29, 1.82) is 0 Å². The minimum Gasteiger partial charge on any atom is -0.351 e. The third kappa shape index (κ3) is 1.64. The van der Waals surface area contributed by atoms with Crippen molar-refractivity contribution in [3.63, 3.8) is 0 Å². The lowest BCUT2D eigenvalue weighted by Crippen LogP contribution is -2.17. The number of aromatic nitrogens is 1. The molecule has 0 fully saturated rings. The van der Waals surface area contributed by atoms with Gasteiger partial charge in [-0.15, -0.1) is 11.3 Å². The molecule has 0 bridgehead atoms. The number of aryl methyl sites for hydroxylation is 1. The van der Waals surface area contributed by atoms with Crippen molar-refractivity contribution in [3.8, 4) is 11.3 Å². The number of benzene rings is 1. The average Bonchev–Trinajstić information content (AvgIpc) is 3.12. The Morgan fingerprint density at radius 3 is 2.81 bits per heavy atom. The number of rotatable bonds is 1. The number of hydrogen-bond acceptors (Lipinski definition) is 5. The molecule has 0 saturated carbocycles. The number of ketones is 2. The van der Waals surface area contributed by atoms with Crippen LogP contribution in [0.15, 0.2) is 40.2 Å². The first kappa shape index (κ1) is 12.2. The number of fused-ring (bicyclic) bond motifs is 2. The van der Waals surface area contributed by atoms with Crippen LogP contribution in [0.4, 0.5) is 0 Å². The zero-order valence-corrected chi connectivity index (χ0v) is 11.9. The lowest BCUT2D eigenvalue weighted by molar-refractivity contribution is 0.0958. The Balaban J connectivity index is 1.97. The maximum atomic E-state index is 12.6. The van der Waals surface area contributed by atoms with Gasteiger partial charge in [0.2, 0.25) is 17.3 Å². The first-order chi connectivity index (χ1) is 10.2. The van der Waals surface area contributed by atoms with Crippen molar-refractivity contribution in [2.75, 3.05) is 0 Å². The standard InChI is InChI=1S/C16H9NO3S/c1-8-3-2-4-9(7-8)12-11-14(19)16-10(5-6-21-16)13(18)15(11)20-17-12/h2-7H,1H3. The molecule has 1 aliphatic carbocycles. The third-order valence-electron chi connectivity index (χ3n) is 3.53. The monoisotopic (exact) mass is 295 g/mol. The van der Waals surface area contributed by atoms with Gasteiger partial charge < -0.3 is 4.52 Å². The second-order valence-electron chi connectivity index (χ2n) is 4.93. The minimum atomic E-state index is -0.271. The molecule has 0 atom stereocenters. The summed E-state index contributed by atoms with van der Waals surface area (Å²) in [6.07, 6.45) is 0. The van der Waals surface area contributed by atoms with E-state index in [1.54, 1.807) is 11.4 Å². The zero-order chi connectivity index (χ0) is 14.6. The molecule has 1 aliphatic rings. The van der Waals surface area contributed by atoms with Gasteiger partial charge in [-0.25, -0.2) is 0 Å². The summed E-state index contributed by atoms with van der Waals surface area (Å²) in [6, 6.07) is 9.27. The highest BCUT2D eigenvalue weighted by Crippen LogP contribution is 2.36. The smallest absolute Gasteiger partial charge is 0.233 e. The van der Waals surface area contributed by atoms with E-state index in [1.807, 2.05) is 31.2 Å². The second-order valence-corrected chi connectivity index (χ2v) is 5.84. The van der Waals surface area contributed by atoms with Gasteiger partial charge in [0.1, 0.15) is 11.3 Å². The number of carbonyl (C=O) groups excluding carboxylic acids is 2. The topological polar surface area (TPSA) is 60.2 Å². The lowest BCUT2D eigenvalue weighted by atomic mass is 9.91. The van der Waals surface area contributed by atoms with Gasteiger partial charge >= 0.3 is 0 Å². The van der Waals surface area contributed by atoms with E-state index >= 15 is 0 Å². The highest BCUT2D eigenvalue weighted by molar-refractivity contribution is 7.12. The van der Waals surface area contributed by atoms with Crippen molar-refractivity contribution in [2.45, 2.75) is 6.92 Å². The van der Waals surface area contributed by atoms with Crippen molar-refractivity contribution >= 4 is 22.9 Å². The molecule has 102 valence electrons. The molecule has 0 amide bonds. The largest absolute Gasteiger partial charge is 0.351 e. The molecular formula is C16H9NO3S. The SMILES string of the molecule is Cc1cccc(-c2noc3c2C(=O)c2sccc2C3=O)c1. The van der Waals surface area contributed by atoms with Crippen LogP contribution in [-0.4, -0.2) is 16.7 Å².